The summed E-state index contributed by atoms with van der Waals surface area (Å²) in [5.41, 5.74) is 0.495. The maximum Gasteiger partial charge on any atom is 0.416 e. The molecule has 180 valence electrons. The zero-order chi connectivity index (χ0) is 25.1. The summed E-state index contributed by atoms with van der Waals surface area (Å²) >= 11 is 9.33. The minimum absolute atomic E-state index is 0.240. The number of nitrogens with zero attached hydrogens (tertiary/aromatic N) is 2. The highest BCUT2D eigenvalue weighted by Gasteiger charge is 2.34. The second-order valence-corrected chi connectivity index (χ2v) is 9.96. The average Bonchev–Trinajstić information content (AvgIpc) is 3.09. The molecule has 1 aromatic heterocycles. The summed E-state index contributed by atoms with van der Waals surface area (Å²) < 4.78 is 72.9. The third kappa shape index (κ3) is 5.99. The molecular formula is C21H16BrClF3N3O4S. The van der Waals surface area contributed by atoms with Crippen molar-refractivity contribution in [3.8, 4) is 0 Å². The Bertz CT molecular complexity index is 1310. The van der Waals surface area contributed by atoms with Gasteiger partial charge in [-0.05, 0) is 53.2 Å². The summed E-state index contributed by atoms with van der Waals surface area (Å²) in [5.74, 6) is -0.0435. The van der Waals surface area contributed by atoms with Gasteiger partial charge in [-0.3, -0.25) is 9.10 Å². The van der Waals surface area contributed by atoms with Gasteiger partial charge in [0.05, 0.1) is 31.9 Å². The number of alkyl halides is 3. The standard InChI is InChI=1S/C21H16BrClF3N3O4S/c1-13-17(22)10-15(33-13)11-27-28-20(30)12-29(34(31,32)16-5-3-2-4-6-16)19-9-14(21(24,25)26)7-8-18(19)23/h2-11H,12H2,1H3,(H,28,30)/b27-11-. The monoisotopic (exact) mass is 577 g/mol. The summed E-state index contributed by atoms with van der Waals surface area (Å²) in [4.78, 5) is 12.3. The molecule has 2 aromatic carbocycles. The second-order valence-electron chi connectivity index (χ2n) is 6.83. The van der Waals surface area contributed by atoms with Crippen molar-refractivity contribution in [3.05, 3.63) is 81.2 Å². The predicted octanol–water partition coefficient (Wildman–Crippen LogP) is 5.37. The van der Waals surface area contributed by atoms with Crippen LogP contribution in [0.25, 0.3) is 0 Å². The molecule has 0 atom stereocenters. The zero-order valence-corrected chi connectivity index (χ0v) is 20.5. The second kappa shape index (κ2) is 10.2. The summed E-state index contributed by atoms with van der Waals surface area (Å²) in [6, 6.07) is 10.7. The Balaban J connectivity index is 1.95. The lowest BCUT2D eigenvalue weighted by Gasteiger charge is -2.25. The number of hydrogen-bond donors (Lipinski definition) is 1. The molecule has 7 nitrogen and oxygen atoms in total. The van der Waals surface area contributed by atoms with Gasteiger partial charge in [0.1, 0.15) is 18.1 Å². The lowest BCUT2D eigenvalue weighted by Crippen LogP contribution is -2.39. The third-order valence-electron chi connectivity index (χ3n) is 4.42. The minimum atomic E-state index is -4.76. The first-order valence-electron chi connectivity index (χ1n) is 9.42. The van der Waals surface area contributed by atoms with Crippen LogP contribution in [-0.4, -0.2) is 27.1 Å². The Kier molecular flexibility index (Phi) is 7.74. The summed E-state index contributed by atoms with van der Waals surface area (Å²) in [6.45, 7) is 0.807. The lowest BCUT2D eigenvalue weighted by molar-refractivity contribution is -0.137. The van der Waals surface area contributed by atoms with Crippen molar-refractivity contribution in [1.29, 1.82) is 0 Å². The number of anilines is 1. The van der Waals surface area contributed by atoms with Gasteiger partial charge in [-0.25, -0.2) is 13.8 Å². The molecule has 3 rings (SSSR count). The van der Waals surface area contributed by atoms with Gasteiger partial charge in [0, 0.05) is 6.07 Å². The fourth-order valence-electron chi connectivity index (χ4n) is 2.78. The fraction of sp³-hybridized carbons (Fsp3) is 0.143. The number of carbonyl (C=O) groups excluding carboxylic acids is 1. The predicted molar refractivity (Wildman–Crippen MR) is 124 cm³/mol. The van der Waals surface area contributed by atoms with Crippen LogP contribution in [0.3, 0.4) is 0 Å². The number of rotatable bonds is 7. The fourth-order valence-corrected chi connectivity index (χ4v) is 4.81. The molecule has 1 amide bonds. The number of carbonyl (C=O) groups is 1. The molecule has 0 fully saturated rings. The quantitative estimate of drug-likeness (QED) is 0.302. The van der Waals surface area contributed by atoms with Crippen LogP contribution in [0.4, 0.5) is 18.9 Å². The minimum Gasteiger partial charge on any atom is -0.459 e. The van der Waals surface area contributed by atoms with Crippen LogP contribution in [0.5, 0.6) is 0 Å². The van der Waals surface area contributed by atoms with E-state index in [1.54, 1.807) is 19.1 Å². The molecule has 1 N–H and O–H groups in total. The Hall–Kier alpha value is -2.83. The van der Waals surface area contributed by atoms with Crippen molar-refractivity contribution in [2.75, 3.05) is 10.8 Å². The number of amides is 1. The van der Waals surface area contributed by atoms with Crippen LogP contribution >= 0.6 is 27.5 Å². The van der Waals surface area contributed by atoms with Gasteiger partial charge in [0.2, 0.25) is 0 Å². The molecule has 0 unspecified atom stereocenters. The Morgan fingerprint density at radius 2 is 1.88 bits per heavy atom. The van der Waals surface area contributed by atoms with Crippen LogP contribution < -0.4 is 9.73 Å². The smallest absolute Gasteiger partial charge is 0.416 e. The highest BCUT2D eigenvalue weighted by molar-refractivity contribution is 9.10. The zero-order valence-electron chi connectivity index (χ0n) is 17.3. The first kappa shape index (κ1) is 25.8. The normalized spacial score (nSPS) is 12.2. The molecule has 34 heavy (non-hydrogen) atoms. The van der Waals surface area contributed by atoms with Gasteiger partial charge in [0.25, 0.3) is 15.9 Å². The van der Waals surface area contributed by atoms with Crippen molar-refractivity contribution < 1.29 is 30.8 Å². The van der Waals surface area contributed by atoms with Crippen LogP contribution in [0.15, 0.2) is 73.5 Å². The number of nitrogens with one attached hydrogen (secondary N) is 1. The van der Waals surface area contributed by atoms with Crippen molar-refractivity contribution in [3.63, 3.8) is 0 Å². The van der Waals surface area contributed by atoms with Gasteiger partial charge in [0.15, 0.2) is 0 Å². The molecule has 0 aliphatic rings. The molecular weight excluding hydrogens is 563 g/mol. The molecule has 0 radical (unpaired) electrons. The van der Waals surface area contributed by atoms with E-state index in [1.807, 2.05) is 0 Å². The van der Waals surface area contributed by atoms with Crippen LogP contribution in [0.1, 0.15) is 17.1 Å². The van der Waals surface area contributed by atoms with E-state index < -0.39 is 39.9 Å². The molecule has 0 bridgehead atoms. The number of aryl methyl sites for hydroxylation is 1. The molecule has 0 aliphatic carbocycles. The number of furan rings is 1. The van der Waals surface area contributed by atoms with Crippen LogP contribution in [0, 0.1) is 6.92 Å². The number of benzene rings is 2. The number of hydrogen-bond acceptors (Lipinski definition) is 5. The van der Waals surface area contributed by atoms with Crippen molar-refractivity contribution in [1.82, 2.24) is 5.43 Å². The Morgan fingerprint density at radius 3 is 2.47 bits per heavy atom. The van der Waals surface area contributed by atoms with Crippen LogP contribution in [-0.2, 0) is 21.0 Å². The van der Waals surface area contributed by atoms with Crippen molar-refractivity contribution in [2.45, 2.75) is 18.0 Å². The van der Waals surface area contributed by atoms with Gasteiger partial charge in [-0.1, -0.05) is 29.8 Å². The highest BCUT2D eigenvalue weighted by atomic mass is 79.9. The maximum atomic E-state index is 13.3. The van der Waals surface area contributed by atoms with E-state index >= 15 is 0 Å². The summed E-state index contributed by atoms with van der Waals surface area (Å²) in [6.07, 6.45) is -3.58. The van der Waals surface area contributed by atoms with E-state index in [4.69, 9.17) is 16.0 Å². The first-order chi connectivity index (χ1) is 15.9. The Morgan fingerprint density at radius 1 is 1.21 bits per heavy atom. The molecule has 0 saturated heterocycles. The third-order valence-corrected chi connectivity index (χ3v) is 7.30. The average molecular weight is 579 g/mol. The molecule has 0 aliphatic heterocycles. The highest BCUT2D eigenvalue weighted by Crippen LogP contribution is 2.37. The largest absolute Gasteiger partial charge is 0.459 e. The number of hydrazone groups is 1. The van der Waals surface area contributed by atoms with Crippen molar-refractivity contribution >= 4 is 55.4 Å². The lowest BCUT2D eigenvalue weighted by atomic mass is 10.2. The van der Waals surface area contributed by atoms with Gasteiger partial charge in [-0.2, -0.15) is 18.3 Å². The molecule has 13 heteroatoms. The topological polar surface area (TPSA) is 92.0 Å². The van der Waals surface area contributed by atoms with Gasteiger partial charge >= 0.3 is 6.18 Å². The van der Waals surface area contributed by atoms with E-state index in [1.165, 1.54) is 30.5 Å². The van der Waals surface area contributed by atoms with E-state index in [2.05, 4.69) is 26.5 Å². The van der Waals surface area contributed by atoms with E-state index in [-0.39, 0.29) is 9.92 Å². The van der Waals surface area contributed by atoms with E-state index in [0.717, 1.165) is 6.07 Å². The molecule has 3 aromatic rings. The molecule has 0 spiro atoms. The molecule has 1 heterocycles. The Labute approximate surface area is 206 Å². The van der Waals surface area contributed by atoms with Gasteiger partial charge < -0.3 is 4.42 Å². The summed E-state index contributed by atoms with van der Waals surface area (Å²) in [7, 11) is -4.47. The SMILES string of the molecule is Cc1oc(/C=N\NC(=O)CN(c2cc(C(F)(F)F)ccc2Cl)S(=O)(=O)c2ccccc2)cc1Br. The first-order valence-corrected chi connectivity index (χ1v) is 12.0. The van der Waals surface area contributed by atoms with Gasteiger partial charge in [-0.15, -0.1) is 0 Å². The molecule has 0 saturated carbocycles. The van der Waals surface area contributed by atoms with Crippen LogP contribution in [0.2, 0.25) is 5.02 Å². The number of sulfonamides is 1. The summed E-state index contributed by atoms with van der Waals surface area (Å²) in [5, 5.41) is 3.41. The number of halogens is 5. The van der Waals surface area contributed by atoms with Crippen molar-refractivity contribution in [2.24, 2.45) is 5.10 Å². The van der Waals surface area contributed by atoms with E-state index in [0.29, 0.717) is 32.4 Å². The van der Waals surface area contributed by atoms with E-state index in [9.17, 15) is 26.4 Å². The maximum absolute atomic E-state index is 13.3.